The van der Waals surface area contributed by atoms with E-state index in [-0.39, 0.29) is 23.8 Å². The van der Waals surface area contributed by atoms with Gasteiger partial charge in [-0.3, -0.25) is 9.36 Å². The molecule has 0 fully saturated rings. The SMILES string of the molecule is CCOc1ccc([C@H]2C(C(=O)OC(C)C)=C(C)N=c3s/c(=C/c4ccc(OCc5cccc(C(=O)O)c5)cc4)c(=O)n32)cc1. The van der Waals surface area contributed by atoms with Gasteiger partial charge in [-0.25, -0.2) is 14.6 Å². The summed E-state index contributed by atoms with van der Waals surface area (Å²) in [6.07, 6.45) is 1.44. The van der Waals surface area contributed by atoms with Crippen molar-refractivity contribution in [3.05, 3.63) is 126 Å². The standard InChI is InChI=1S/C34H32N2O7S/c1-5-41-26-15-11-24(12-16-26)30-29(33(40)43-20(2)3)21(4)35-34-36(30)31(37)28(44-34)18-22-9-13-27(14-10-22)42-19-23-7-6-8-25(17-23)32(38)39/h6-18,20,30H,5,19H2,1-4H3,(H,38,39)/b28-18+/t30-/m0/s1. The van der Waals surface area contributed by atoms with Gasteiger partial charge in [0, 0.05) is 0 Å². The van der Waals surface area contributed by atoms with E-state index in [4.69, 9.17) is 14.2 Å². The maximum atomic E-state index is 13.9. The van der Waals surface area contributed by atoms with Crippen molar-refractivity contribution in [1.29, 1.82) is 0 Å². The predicted molar refractivity (Wildman–Crippen MR) is 167 cm³/mol. The molecule has 10 heteroatoms. The summed E-state index contributed by atoms with van der Waals surface area (Å²) in [7, 11) is 0. The Bertz CT molecular complexity index is 1900. The topological polar surface area (TPSA) is 116 Å². The van der Waals surface area contributed by atoms with Crippen molar-refractivity contribution >= 4 is 29.4 Å². The van der Waals surface area contributed by atoms with Crippen molar-refractivity contribution in [3.8, 4) is 11.5 Å². The van der Waals surface area contributed by atoms with Crippen LogP contribution >= 0.6 is 11.3 Å². The summed E-state index contributed by atoms with van der Waals surface area (Å²) in [5.41, 5.74) is 3.00. The molecule has 44 heavy (non-hydrogen) atoms. The van der Waals surface area contributed by atoms with Crippen molar-refractivity contribution in [2.45, 2.75) is 46.4 Å². The number of esters is 1. The van der Waals surface area contributed by atoms with Gasteiger partial charge in [0.25, 0.3) is 5.56 Å². The zero-order chi connectivity index (χ0) is 31.4. The molecule has 0 bridgehead atoms. The van der Waals surface area contributed by atoms with E-state index >= 15 is 0 Å². The van der Waals surface area contributed by atoms with Crippen LogP contribution in [0.4, 0.5) is 0 Å². The van der Waals surface area contributed by atoms with Gasteiger partial charge in [0.05, 0.1) is 40.1 Å². The molecule has 0 spiro atoms. The molecule has 226 valence electrons. The summed E-state index contributed by atoms with van der Waals surface area (Å²) in [6, 6.07) is 20.5. The zero-order valence-electron chi connectivity index (χ0n) is 24.8. The van der Waals surface area contributed by atoms with E-state index < -0.39 is 18.0 Å². The first-order valence-electron chi connectivity index (χ1n) is 14.2. The molecule has 0 saturated carbocycles. The number of rotatable bonds is 10. The smallest absolute Gasteiger partial charge is 0.338 e. The fourth-order valence-corrected chi connectivity index (χ4v) is 5.91. The fourth-order valence-electron chi connectivity index (χ4n) is 4.86. The summed E-state index contributed by atoms with van der Waals surface area (Å²) >= 11 is 1.25. The van der Waals surface area contributed by atoms with Gasteiger partial charge in [0.1, 0.15) is 18.1 Å². The van der Waals surface area contributed by atoms with Crippen LogP contribution in [0.25, 0.3) is 6.08 Å². The molecule has 5 rings (SSSR count). The van der Waals surface area contributed by atoms with Crippen LogP contribution in [0.2, 0.25) is 0 Å². The first-order valence-corrected chi connectivity index (χ1v) is 15.0. The van der Waals surface area contributed by atoms with E-state index in [0.29, 0.717) is 38.7 Å². The molecule has 1 atom stereocenters. The van der Waals surface area contributed by atoms with E-state index in [1.165, 1.54) is 17.4 Å². The number of aromatic carboxylic acids is 1. The molecule has 1 aromatic heterocycles. The molecule has 3 aromatic carbocycles. The maximum absolute atomic E-state index is 13.9. The number of hydrogen-bond acceptors (Lipinski definition) is 8. The Balaban J connectivity index is 1.46. The van der Waals surface area contributed by atoms with Crippen LogP contribution in [0.15, 0.2) is 93.9 Å². The highest BCUT2D eigenvalue weighted by Gasteiger charge is 2.33. The summed E-state index contributed by atoms with van der Waals surface area (Å²) < 4.78 is 19.0. The number of carbonyl (C=O) groups excluding carboxylic acids is 1. The third-order valence-corrected chi connectivity index (χ3v) is 7.83. The van der Waals surface area contributed by atoms with Crippen LogP contribution < -0.4 is 24.4 Å². The molecule has 0 unspecified atom stereocenters. The highest BCUT2D eigenvalue weighted by atomic mass is 32.1. The minimum absolute atomic E-state index is 0.201. The Morgan fingerprint density at radius 2 is 1.70 bits per heavy atom. The second-order valence-corrected chi connectivity index (χ2v) is 11.4. The van der Waals surface area contributed by atoms with Crippen LogP contribution in [0.5, 0.6) is 11.5 Å². The second kappa shape index (κ2) is 13.1. The number of thiazole rings is 1. The lowest BCUT2D eigenvalue weighted by atomic mass is 9.96. The van der Waals surface area contributed by atoms with E-state index in [0.717, 1.165) is 16.7 Å². The number of ether oxygens (including phenoxy) is 3. The van der Waals surface area contributed by atoms with E-state index in [1.54, 1.807) is 61.7 Å². The summed E-state index contributed by atoms with van der Waals surface area (Å²) in [6.45, 7) is 7.96. The first kappa shape index (κ1) is 30.5. The highest BCUT2D eigenvalue weighted by molar-refractivity contribution is 7.07. The Hall–Kier alpha value is -4.96. The van der Waals surface area contributed by atoms with Crippen molar-refractivity contribution < 1.29 is 28.9 Å². The lowest BCUT2D eigenvalue weighted by Gasteiger charge is -2.25. The van der Waals surface area contributed by atoms with E-state index in [9.17, 15) is 19.5 Å². The average molecular weight is 613 g/mol. The van der Waals surface area contributed by atoms with E-state index in [1.807, 2.05) is 43.3 Å². The lowest BCUT2D eigenvalue weighted by Crippen LogP contribution is -2.40. The minimum Gasteiger partial charge on any atom is -0.494 e. The predicted octanol–water partition coefficient (Wildman–Crippen LogP) is 4.86. The number of carboxylic acid groups (broad SMARTS) is 1. The molecule has 1 aliphatic heterocycles. The summed E-state index contributed by atoms with van der Waals surface area (Å²) in [5.74, 6) is -0.213. The first-order chi connectivity index (χ1) is 21.1. The third-order valence-electron chi connectivity index (χ3n) is 6.85. The third kappa shape index (κ3) is 6.65. The van der Waals surface area contributed by atoms with Crippen molar-refractivity contribution in [3.63, 3.8) is 0 Å². The summed E-state index contributed by atoms with van der Waals surface area (Å²) in [5, 5.41) is 9.20. The molecule has 0 saturated heterocycles. The van der Waals surface area contributed by atoms with Gasteiger partial charge >= 0.3 is 11.9 Å². The number of carbonyl (C=O) groups is 2. The molecule has 1 aliphatic rings. The van der Waals surface area contributed by atoms with Gasteiger partial charge in [-0.05, 0) is 86.9 Å². The molecule has 2 heterocycles. The normalized spacial score (nSPS) is 14.7. The van der Waals surface area contributed by atoms with Gasteiger partial charge in [0.2, 0.25) is 0 Å². The number of benzene rings is 3. The number of hydrogen-bond donors (Lipinski definition) is 1. The molecule has 1 N–H and O–H groups in total. The Morgan fingerprint density at radius 1 is 1.02 bits per heavy atom. The molecule has 0 aliphatic carbocycles. The quantitative estimate of drug-likeness (QED) is 0.254. The minimum atomic E-state index is -0.992. The maximum Gasteiger partial charge on any atom is 0.338 e. The number of aromatic nitrogens is 1. The molecular weight excluding hydrogens is 580 g/mol. The fraction of sp³-hybridized carbons (Fsp3) is 0.235. The van der Waals surface area contributed by atoms with Crippen LogP contribution in [-0.2, 0) is 16.1 Å². The van der Waals surface area contributed by atoms with Gasteiger partial charge in [-0.1, -0.05) is 47.7 Å². The van der Waals surface area contributed by atoms with Crippen LogP contribution in [0, 0.1) is 0 Å². The number of carboxylic acids is 1. The zero-order valence-corrected chi connectivity index (χ0v) is 25.6. The van der Waals surface area contributed by atoms with Crippen molar-refractivity contribution in [2.75, 3.05) is 6.61 Å². The monoisotopic (exact) mass is 612 g/mol. The second-order valence-electron chi connectivity index (χ2n) is 10.4. The van der Waals surface area contributed by atoms with Gasteiger partial charge in [-0.15, -0.1) is 0 Å². The molecule has 0 amide bonds. The molecule has 4 aromatic rings. The summed E-state index contributed by atoms with van der Waals surface area (Å²) in [4.78, 5) is 43.5. The van der Waals surface area contributed by atoms with Gasteiger partial charge in [0.15, 0.2) is 4.80 Å². The number of fused-ring (bicyclic) bond motifs is 1. The lowest BCUT2D eigenvalue weighted by molar-refractivity contribution is -0.143. The van der Waals surface area contributed by atoms with E-state index in [2.05, 4.69) is 4.99 Å². The Kier molecular flexibility index (Phi) is 9.10. The Morgan fingerprint density at radius 3 is 2.36 bits per heavy atom. The largest absolute Gasteiger partial charge is 0.494 e. The van der Waals surface area contributed by atoms with Gasteiger partial charge < -0.3 is 19.3 Å². The number of nitrogens with zero attached hydrogens (tertiary/aromatic N) is 2. The molecular formula is C34H32N2O7S. The Labute approximate surface area is 258 Å². The van der Waals surface area contributed by atoms with Crippen LogP contribution in [0.1, 0.15) is 60.8 Å². The average Bonchev–Trinajstić information content (AvgIpc) is 3.30. The van der Waals surface area contributed by atoms with Crippen LogP contribution in [-0.4, -0.2) is 34.3 Å². The molecule has 9 nitrogen and oxygen atoms in total. The highest BCUT2D eigenvalue weighted by Crippen LogP contribution is 2.32. The molecule has 0 radical (unpaired) electrons. The van der Waals surface area contributed by atoms with Crippen LogP contribution in [0.3, 0.4) is 0 Å². The van der Waals surface area contributed by atoms with Crippen molar-refractivity contribution in [2.24, 2.45) is 4.99 Å². The van der Waals surface area contributed by atoms with Crippen molar-refractivity contribution in [1.82, 2.24) is 4.57 Å². The van der Waals surface area contributed by atoms with Gasteiger partial charge in [-0.2, -0.15) is 0 Å². The number of allylic oxidation sites excluding steroid dienone is 1.